The van der Waals surface area contributed by atoms with Gasteiger partial charge in [-0.25, -0.2) is 0 Å². The van der Waals surface area contributed by atoms with Crippen molar-refractivity contribution in [3.8, 4) is 0 Å². The molecule has 0 N–H and O–H groups in total. The number of fused-ring (bicyclic) bond motifs is 1. The van der Waals surface area contributed by atoms with Gasteiger partial charge in [0.15, 0.2) is 0 Å². The highest BCUT2D eigenvalue weighted by molar-refractivity contribution is 6.03. The Hall–Kier alpha value is -2.66. The Kier molecular flexibility index (Phi) is 5.44. The molecule has 5 nitrogen and oxygen atoms in total. The second-order valence-electron chi connectivity index (χ2n) is 7.55. The second kappa shape index (κ2) is 8.15. The standard InChI is InChI=1S/C23H27N3O2/c1-2-22(27)26-20-11-7-6-10-19(20)16-21(26)23(28)25-14-12-24(13-15-25)17-18-8-4-3-5-9-18/h3-11,21H,2,12-17H2,1H3/t21-/m1/s1. The van der Waals surface area contributed by atoms with E-state index in [1.54, 1.807) is 4.90 Å². The Morgan fingerprint density at radius 1 is 0.929 bits per heavy atom. The molecule has 0 unspecified atom stereocenters. The molecule has 2 aromatic carbocycles. The monoisotopic (exact) mass is 377 g/mol. The maximum absolute atomic E-state index is 13.3. The summed E-state index contributed by atoms with van der Waals surface area (Å²) < 4.78 is 0. The quantitative estimate of drug-likeness (QED) is 0.823. The number of hydrogen-bond acceptors (Lipinski definition) is 3. The molecular weight excluding hydrogens is 350 g/mol. The third-order valence-electron chi connectivity index (χ3n) is 5.77. The van der Waals surface area contributed by atoms with E-state index in [4.69, 9.17) is 0 Å². The number of para-hydroxylation sites is 1. The van der Waals surface area contributed by atoms with Crippen LogP contribution in [0.25, 0.3) is 0 Å². The minimum atomic E-state index is -0.398. The molecule has 0 saturated carbocycles. The van der Waals surface area contributed by atoms with Crippen molar-refractivity contribution in [2.75, 3.05) is 31.1 Å². The van der Waals surface area contributed by atoms with Crippen molar-refractivity contribution >= 4 is 17.5 Å². The summed E-state index contributed by atoms with van der Waals surface area (Å²) >= 11 is 0. The van der Waals surface area contributed by atoms with Gasteiger partial charge < -0.3 is 4.90 Å². The predicted molar refractivity (Wildman–Crippen MR) is 110 cm³/mol. The van der Waals surface area contributed by atoms with Crippen LogP contribution in [0.15, 0.2) is 54.6 Å². The molecule has 0 aromatic heterocycles. The van der Waals surface area contributed by atoms with Crippen LogP contribution in [-0.2, 0) is 22.6 Å². The summed E-state index contributed by atoms with van der Waals surface area (Å²) in [7, 11) is 0. The number of hydrogen-bond donors (Lipinski definition) is 0. The van der Waals surface area contributed by atoms with Crippen LogP contribution in [0.4, 0.5) is 5.69 Å². The molecule has 0 aliphatic carbocycles. The highest BCUT2D eigenvalue weighted by Crippen LogP contribution is 2.33. The van der Waals surface area contributed by atoms with Crippen LogP contribution in [0.1, 0.15) is 24.5 Å². The molecule has 146 valence electrons. The van der Waals surface area contributed by atoms with E-state index < -0.39 is 6.04 Å². The molecule has 5 heteroatoms. The normalized spacial score (nSPS) is 19.5. The smallest absolute Gasteiger partial charge is 0.246 e. The van der Waals surface area contributed by atoms with Crippen molar-refractivity contribution in [2.24, 2.45) is 0 Å². The molecule has 2 aromatic rings. The second-order valence-corrected chi connectivity index (χ2v) is 7.55. The van der Waals surface area contributed by atoms with Crippen LogP contribution < -0.4 is 4.90 Å². The third kappa shape index (κ3) is 3.67. The highest BCUT2D eigenvalue weighted by atomic mass is 16.2. The average molecular weight is 377 g/mol. The fourth-order valence-corrected chi connectivity index (χ4v) is 4.24. The number of rotatable bonds is 4. The first-order valence-corrected chi connectivity index (χ1v) is 10.1. The summed E-state index contributed by atoms with van der Waals surface area (Å²) in [6.07, 6.45) is 1.02. The minimum absolute atomic E-state index is 0.0195. The SMILES string of the molecule is CCC(=O)N1c2ccccc2C[C@@H]1C(=O)N1CCN(Cc2ccccc2)CC1. The molecule has 0 radical (unpaired) electrons. The fourth-order valence-electron chi connectivity index (χ4n) is 4.24. The molecule has 1 saturated heterocycles. The van der Waals surface area contributed by atoms with Gasteiger partial charge in [-0.15, -0.1) is 0 Å². The van der Waals surface area contributed by atoms with Crippen LogP contribution in [0.2, 0.25) is 0 Å². The van der Waals surface area contributed by atoms with Crippen LogP contribution in [0.5, 0.6) is 0 Å². The van der Waals surface area contributed by atoms with E-state index in [-0.39, 0.29) is 11.8 Å². The molecule has 2 heterocycles. The lowest BCUT2D eigenvalue weighted by Gasteiger charge is -2.37. The number of carbonyl (C=O) groups is 2. The first-order valence-electron chi connectivity index (χ1n) is 10.1. The molecule has 2 aliphatic rings. The number of benzene rings is 2. The number of nitrogens with zero attached hydrogens (tertiary/aromatic N) is 3. The van der Waals surface area contributed by atoms with Crippen molar-refractivity contribution in [1.82, 2.24) is 9.80 Å². The Morgan fingerprint density at radius 2 is 1.61 bits per heavy atom. The van der Waals surface area contributed by atoms with Gasteiger partial charge in [-0.1, -0.05) is 55.5 Å². The number of amides is 2. The molecule has 28 heavy (non-hydrogen) atoms. The van der Waals surface area contributed by atoms with Crippen molar-refractivity contribution in [1.29, 1.82) is 0 Å². The lowest BCUT2D eigenvalue weighted by atomic mass is 10.1. The summed E-state index contributed by atoms with van der Waals surface area (Å²) in [6.45, 7) is 5.93. The first kappa shape index (κ1) is 18.7. The molecular formula is C23H27N3O2. The van der Waals surface area contributed by atoms with Gasteiger partial charge in [0.2, 0.25) is 11.8 Å². The van der Waals surface area contributed by atoms with E-state index in [2.05, 4.69) is 29.2 Å². The first-order chi connectivity index (χ1) is 13.7. The summed E-state index contributed by atoms with van der Waals surface area (Å²) in [4.78, 5) is 31.9. The minimum Gasteiger partial charge on any atom is -0.338 e. The molecule has 4 rings (SSSR count). The molecule has 0 bridgehead atoms. The number of carbonyl (C=O) groups excluding carboxylic acids is 2. The van der Waals surface area contributed by atoms with Crippen molar-refractivity contribution in [3.05, 3.63) is 65.7 Å². The zero-order valence-electron chi connectivity index (χ0n) is 16.4. The van der Waals surface area contributed by atoms with E-state index in [0.717, 1.165) is 30.9 Å². The van der Waals surface area contributed by atoms with Crippen molar-refractivity contribution in [2.45, 2.75) is 32.4 Å². The fraction of sp³-hybridized carbons (Fsp3) is 0.391. The Bertz CT molecular complexity index is 844. The van der Waals surface area contributed by atoms with Crippen LogP contribution in [0, 0.1) is 0 Å². The molecule has 1 atom stereocenters. The molecule has 2 amide bonds. The van der Waals surface area contributed by atoms with Gasteiger partial charge in [0.1, 0.15) is 6.04 Å². The summed E-state index contributed by atoms with van der Waals surface area (Å²) in [5.74, 6) is 0.100. The summed E-state index contributed by atoms with van der Waals surface area (Å²) in [5.41, 5.74) is 3.29. The number of piperazine rings is 1. The van der Waals surface area contributed by atoms with E-state index in [1.165, 1.54) is 5.56 Å². The van der Waals surface area contributed by atoms with Gasteiger partial charge >= 0.3 is 0 Å². The summed E-state index contributed by atoms with van der Waals surface area (Å²) in [5, 5.41) is 0. The van der Waals surface area contributed by atoms with E-state index in [0.29, 0.717) is 25.9 Å². The summed E-state index contributed by atoms with van der Waals surface area (Å²) in [6, 6.07) is 17.9. The van der Waals surface area contributed by atoms with E-state index >= 15 is 0 Å². The van der Waals surface area contributed by atoms with Crippen LogP contribution in [0.3, 0.4) is 0 Å². The van der Waals surface area contributed by atoms with E-state index in [9.17, 15) is 9.59 Å². The zero-order valence-corrected chi connectivity index (χ0v) is 16.4. The Labute approximate surface area is 166 Å². The van der Waals surface area contributed by atoms with Crippen molar-refractivity contribution in [3.63, 3.8) is 0 Å². The third-order valence-corrected chi connectivity index (χ3v) is 5.77. The highest BCUT2D eigenvalue weighted by Gasteiger charge is 2.40. The maximum atomic E-state index is 13.3. The zero-order chi connectivity index (χ0) is 19.5. The molecule has 2 aliphatic heterocycles. The van der Waals surface area contributed by atoms with Gasteiger partial charge in [0.25, 0.3) is 0 Å². The van der Waals surface area contributed by atoms with Crippen LogP contribution >= 0.6 is 0 Å². The van der Waals surface area contributed by atoms with Gasteiger partial charge in [-0.3, -0.25) is 19.4 Å². The average Bonchev–Trinajstić information content (AvgIpc) is 3.13. The number of anilines is 1. The topological polar surface area (TPSA) is 43.9 Å². The largest absolute Gasteiger partial charge is 0.338 e. The van der Waals surface area contributed by atoms with Gasteiger partial charge in [-0.2, -0.15) is 0 Å². The maximum Gasteiger partial charge on any atom is 0.246 e. The van der Waals surface area contributed by atoms with E-state index in [1.807, 2.05) is 42.2 Å². The Morgan fingerprint density at radius 3 is 2.32 bits per heavy atom. The van der Waals surface area contributed by atoms with Gasteiger partial charge in [0.05, 0.1) is 0 Å². The van der Waals surface area contributed by atoms with Gasteiger partial charge in [0, 0.05) is 51.3 Å². The lowest BCUT2D eigenvalue weighted by molar-refractivity contribution is -0.136. The molecule has 0 spiro atoms. The molecule has 1 fully saturated rings. The van der Waals surface area contributed by atoms with Crippen LogP contribution in [-0.4, -0.2) is 53.8 Å². The van der Waals surface area contributed by atoms with Gasteiger partial charge in [-0.05, 0) is 17.2 Å². The lowest BCUT2D eigenvalue weighted by Crippen LogP contribution is -2.55. The predicted octanol–water partition coefficient (Wildman–Crippen LogP) is 2.70. The Balaban J connectivity index is 1.41. The van der Waals surface area contributed by atoms with Crippen molar-refractivity contribution < 1.29 is 9.59 Å².